The summed E-state index contributed by atoms with van der Waals surface area (Å²) >= 11 is 3.80. The largest absolute Gasteiger partial charge is 0.375 e. The number of hydrogen-bond donors (Lipinski definition) is 1. The van der Waals surface area contributed by atoms with Crippen LogP contribution in [0.25, 0.3) is 0 Å². The predicted octanol–water partition coefficient (Wildman–Crippen LogP) is 1.89. The van der Waals surface area contributed by atoms with Gasteiger partial charge < -0.3 is 5.73 Å². The number of nitrogens with zero attached hydrogens (tertiary/aromatic N) is 1. The highest BCUT2D eigenvalue weighted by molar-refractivity contribution is 14.1. The molecule has 2 nitrogen and oxygen atoms in total. The molecule has 0 spiro atoms. The SMILES string of the molecule is CCc1nc(N)sc1I. The van der Waals surface area contributed by atoms with Crippen molar-refractivity contribution in [3.05, 3.63) is 8.58 Å². The standard InChI is InChI=1S/C5H7IN2S/c1-2-3-4(6)9-5(7)8-3/h2H2,1H3,(H2,7,8). The van der Waals surface area contributed by atoms with Crippen molar-refractivity contribution in [3.63, 3.8) is 0 Å². The molecule has 1 aromatic rings. The summed E-state index contributed by atoms with van der Waals surface area (Å²) < 4.78 is 1.22. The van der Waals surface area contributed by atoms with Gasteiger partial charge in [-0.3, -0.25) is 0 Å². The third kappa shape index (κ3) is 1.54. The quantitative estimate of drug-likeness (QED) is 0.777. The van der Waals surface area contributed by atoms with Gasteiger partial charge in [-0.05, 0) is 29.0 Å². The van der Waals surface area contributed by atoms with E-state index in [1.54, 1.807) is 11.3 Å². The number of nitrogens with two attached hydrogens (primary N) is 1. The molecule has 0 bridgehead atoms. The first kappa shape index (κ1) is 7.27. The summed E-state index contributed by atoms with van der Waals surface area (Å²) in [4.78, 5) is 4.12. The van der Waals surface area contributed by atoms with Crippen LogP contribution in [0.1, 0.15) is 12.6 Å². The Morgan fingerprint density at radius 1 is 1.78 bits per heavy atom. The number of aryl methyl sites for hydroxylation is 1. The van der Waals surface area contributed by atoms with Gasteiger partial charge >= 0.3 is 0 Å². The van der Waals surface area contributed by atoms with Gasteiger partial charge in [0.1, 0.15) is 0 Å². The fraction of sp³-hybridized carbons (Fsp3) is 0.400. The summed E-state index contributed by atoms with van der Waals surface area (Å²) in [5.41, 5.74) is 6.58. The Bertz CT molecular complexity index is 209. The van der Waals surface area contributed by atoms with Crippen LogP contribution in [0.4, 0.5) is 5.13 Å². The lowest BCUT2D eigenvalue weighted by Gasteiger charge is -1.84. The maximum Gasteiger partial charge on any atom is 0.181 e. The van der Waals surface area contributed by atoms with Crippen LogP contribution >= 0.6 is 33.9 Å². The highest BCUT2D eigenvalue weighted by Crippen LogP contribution is 2.21. The molecular formula is C5H7IN2S. The first-order chi connectivity index (χ1) is 4.24. The average molecular weight is 254 g/mol. The molecule has 1 rings (SSSR count). The zero-order valence-electron chi connectivity index (χ0n) is 5.02. The van der Waals surface area contributed by atoms with E-state index in [0.717, 1.165) is 12.1 Å². The Labute approximate surface area is 71.6 Å². The van der Waals surface area contributed by atoms with Crippen molar-refractivity contribution in [2.45, 2.75) is 13.3 Å². The molecule has 1 heterocycles. The Hall–Kier alpha value is 0.160. The molecule has 50 valence electrons. The molecule has 1 aromatic heterocycles. The van der Waals surface area contributed by atoms with Gasteiger partial charge in [-0.25, -0.2) is 4.98 Å². The van der Waals surface area contributed by atoms with Gasteiger partial charge in [0.15, 0.2) is 5.13 Å². The van der Waals surface area contributed by atoms with E-state index < -0.39 is 0 Å². The van der Waals surface area contributed by atoms with Gasteiger partial charge in [0.05, 0.1) is 8.58 Å². The molecule has 0 radical (unpaired) electrons. The second-order valence-corrected chi connectivity index (χ2v) is 4.47. The highest BCUT2D eigenvalue weighted by atomic mass is 127. The third-order valence-electron chi connectivity index (χ3n) is 1.00. The summed E-state index contributed by atoms with van der Waals surface area (Å²) in [5.74, 6) is 0. The van der Waals surface area contributed by atoms with E-state index in [1.165, 1.54) is 2.88 Å². The van der Waals surface area contributed by atoms with Crippen molar-refractivity contribution >= 4 is 39.1 Å². The normalized spacial score (nSPS) is 10.0. The van der Waals surface area contributed by atoms with Gasteiger partial charge in [-0.15, -0.1) is 0 Å². The second kappa shape index (κ2) is 2.83. The molecule has 0 saturated carbocycles. The summed E-state index contributed by atoms with van der Waals surface area (Å²) in [6.07, 6.45) is 0.978. The van der Waals surface area contributed by atoms with Crippen LogP contribution in [-0.4, -0.2) is 4.98 Å². The van der Waals surface area contributed by atoms with E-state index in [4.69, 9.17) is 5.73 Å². The van der Waals surface area contributed by atoms with Crippen molar-refractivity contribution in [3.8, 4) is 0 Å². The van der Waals surface area contributed by atoms with Crippen LogP contribution in [0.3, 0.4) is 0 Å². The van der Waals surface area contributed by atoms with Crippen LogP contribution in [0.5, 0.6) is 0 Å². The van der Waals surface area contributed by atoms with Gasteiger partial charge in [0.2, 0.25) is 0 Å². The van der Waals surface area contributed by atoms with Crippen molar-refractivity contribution < 1.29 is 0 Å². The van der Waals surface area contributed by atoms with E-state index in [1.807, 2.05) is 0 Å². The van der Waals surface area contributed by atoms with Crippen LogP contribution in [0.15, 0.2) is 0 Å². The van der Waals surface area contributed by atoms with Gasteiger partial charge in [0, 0.05) is 0 Å². The summed E-state index contributed by atoms with van der Waals surface area (Å²) in [6.45, 7) is 2.08. The second-order valence-electron chi connectivity index (χ2n) is 1.63. The van der Waals surface area contributed by atoms with Crippen LogP contribution < -0.4 is 5.73 Å². The topological polar surface area (TPSA) is 38.9 Å². The molecule has 0 unspecified atom stereocenters. The van der Waals surface area contributed by atoms with Gasteiger partial charge in [0.25, 0.3) is 0 Å². The molecule has 2 N–H and O–H groups in total. The molecule has 0 saturated heterocycles. The van der Waals surface area contributed by atoms with E-state index in [2.05, 4.69) is 34.5 Å². The molecular weight excluding hydrogens is 247 g/mol. The van der Waals surface area contributed by atoms with Crippen molar-refractivity contribution in [1.29, 1.82) is 0 Å². The minimum atomic E-state index is 0.677. The van der Waals surface area contributed by atoms with Crippen LogP contribution in [0, 0.1) is 2.88 Å². The molecule has 0 atom stereocenters. The Morgan fingerprint density at radius 2 is 2.44 bits per heavy atom. The Morgan fingerprint density at radius 3 is 2.67 bits per heavy atom. The molecule has 0 fully saturated rings. The maximum absolute atomic E-state index is 5.46. The van der Waals surface area contributed by atoms with Gasteiger partial charge in [-0.1, -0.05) is 18.3 Å². The zero-order chi connectivity index (χ0) is 6.85. The average Bonchev–Trinajstić information content (AvgIpc) is 2.10. The lowest BCUT2D eigenvalue weighted by molar-refractivity contribution is 1.06. The van der Waals surface area contributed by atoms with E-state index in [9.17, 15) is 0 Å². The van der Waals surface area contributed by atoms with Crippen molar-refractivity contribution in [2.75, 3.05) is 5.73 Å². The number of anilines is 1. The molecule has 0 aliphatic rings. The zero-order valence-corrected chi connectivity index (χ0v) is 7.99. The number of rotatable bonds is 1. The maximum atomic E-state index is 5.46. The van der Waals surface area contributed by atoms with Crippen molar-refractivity contribution in [2.24, 2.45) is 0 Å². The third-order valence-corrected chi connectivity index (χ3v) is 3.00. The van der Waals surface area contributed by atoms with E-state index in [0.29, 0.717) is 5.13 Å². The summed E-state index contributed by atoms with van der Waals surface area (Å²) in [5, 5.41) is 0.677. The number of hydrogen-bond acceptors (Lipinski definition) is 3. The monoisotopic (exact) mass is 254 g/mol. The molecule has 9 heavy (non-hydrogen) atoms. The minimum Gasteiger partial charge on any atom is -0.375 e. The number of aromatic nitrogens is 1. The van der Waals surface area contributed by atoms with Gasteiger partial charge in [-0.2, -0.15) is 0 Å². The number of halogens is 1. The molecule has 0 amide bonds. The first-order valence-electron chi connectivity index (χ1n) is 2.64. The molecule has 0 aromatic carbocycles. The molecule has 0 aliphatic heterocycles. The predicted molar refractivity (Wildman–Crippen MR) is 48.6 cm³/mol. The number of thiazole rings is 1. The molecule has 0 aliphatic carbocycles. The summed E-state index contributed by atoms with van der Waals surface area (Å²) in [6, 6.07) is 0. The fourth-order valence-electron chi connectivity index (χ4n) is 0.569. The lowest BCUT2D eigenvalue weighted by atomic mass is 10.4. The van der Waals surface area contributed by atoms with Crippen LogP contribution in [-0.2, 0) is 6.42 Å². The van der Waals surface area contributed by atoms with E-state index in [-0.39, 0.29) is 0 Å². The van der Waals surface area contributed by atoms with E-state index >= 15 is 0 Å². The van der Waals surface area contributed by atoms with Crippen molar-refractivity contribution in [1.82, 2.24) is 4.98 Å². The Balaban J connectivity index is 3.01. The first-order valence-corrected chi connectivity index (χ1v) is 4.54. The smallest absolute Gasteiger partial charge is 0.181 e. The minimum absolute atomic E-state index is 0.677. The summed E-state index contributed by atoms with van der Waals surface area (Å²) in [7, 11) is 0. The lowest BCUT2D eigenvalue weighted by Crippen LogP contribution is -1.84. The van der Waals surface area contributed by atoms with Crippen LogP contribution in [0.2, 0.25) is 0 Å². The number of nitrogen functional groups attached to an aromatic ring is 1. The highest BCUT2D eigenvalue weighted by Gasteiger charge is 2.02. The molecule has 4 heteroatoms. The fourth-order valence-corrected chi connectivity index (χ4v) is 2.39. The Kier molecular flexibility index (Phi) is 2.29.